The Labute approximate surface area is 118 Å². The molecule has 0 atom stereocenters. The van der Waals surface area contributed by atoms with Crippen LogP contribution in [0, 0.1) is 0 Å². The van der Waals surface area contributed by atoms with E-state index in [2.05, 4.69) is 10.3 Å². The molecule has 0 aliphatic rings. The number of carbonyl (C=O) groups is 1. The van der Waals surface area contributed by atoms with Gasteiger partial charge in [0.05, 0.1) is 6.61 Å². The Morgan fingerprint density at radius 3 is 2.95 bits per heavy atom. The van der Waals surface area contributed by atoms with Gasteiger partial charge in [0.25, 0.3) is 5.91 Å². The average Bonchev–Trinajstić information content (AvgIpc) is 2.52. The van der Waals surface area contributed by atoms with Gasteiger partial charge in [0, 0.05) is 24.5 Å². The van der Waals surface area contributed by atoms with Gasteiger partial charge < -0.3 is 10.1 Å². The van der Waals surface area contributed by atoms with Crippen molar-refractivity contribution in [3.8, 4) is 5.75 Å². The van der Waals surface area contributed by atoms with Crippen molar-refractivity contribution in [2.75, 3.05) is 6.61 Å². The quantitative estimate of drug-likeness (QED) is 0.878. The highest BCUT2D eigenvalue weighted by Gasteiger charge is 2.06. The number of nitrogens with one attached hydrogen (secondary N) is 1. The van der Waals surface area contributed by atoms with Gasteiger partial charge in [0.1, 0.15) is 5.75 Å². The summed E-state index contributed by atoms with van der Waals surface area (Å²) in [5.41, 5.74) is 1.57. The van der Waals surface area contributed by atoms with Crippen LogP contribution in [0.15, 0.2) is 48.8 Å². The van der Waals surface area contributed by atoms with Crippen LogP contribution < -0.4 is 10.1 Å². The number of nitrogens with zero attached hydrogens (tertiary/aromatic N) is 1. The van der Waals surface area contributed by atoms with Crippen molar-refractivity contribution >= 4 is 5.91 Å². The van der Waals surface area contributed by atoms with Gasteiger partial charge in [0.15, 0.2) is 0 Å². The lowest BCUT2D eigenvalue weighted by Crippen LogP contribution is -2.22. The molecule has 0 saturated heterocycles. The highest BCUT2D eigenvalue weighted by atomic mass is 16.5. The van der Waals surface area contributed by atoms with Crippen LogP contribution in [0.5, 0.6) is 5.75 Å². The molecule has 0 aliphatic carbocycles. The molecule has 2 aromatic rings. The molecule has 1 aromatic carbocycles. The first kappa shape index (κ1) is 14.1. The van der Waals surface area contributed by atoms with Crippen LogP contribution in [-0.4, -0.2) is 17.5 Å². The molecule has 0 bridgehead atoms. The summed E-state index contributed by atoms with van der Waals surface area (Å²) in [4.78, 5) is 16.1. The minimum Gasteiger partial charge on any atom is -0.494 e. The minimum atomic E-state index is -0.115. The lowest BCUT2D eigenvalue weighted by molar-refractivity contribution is 0.0950. The molecular weight excluding hydrogens is 252 g/mol. The van der Waals surface area contributed by atoms with Gasteiger partial charge in [-0.1, -0.05) is 19.1 Å². The summed E-state index contributed by atoms with van der Waals surface area (Å²) in [5.74, 6) is 0.608. The van der Waals surface area contributed by atoms with Gasteiger partial charge >= 0.3 is 0 Å². The number of aromatic nitrogens is 1. The van der Waals surface area contributed by atoms with Gasteiger partial charge in [-0.25, -0.2) is 0 Å². The normalized spacial score (nSPS) is 10.1. The van der Waals surface area contributed by atoms with Crippen LogP contribution in [0.4, 0.5) is 0 Å². The van der Waals surface area contributed by atoms with Crippen LogP contribution in [-0.2, 0) is 6.54 Å². The first-order chi connectivity index (χ1) is 9.79. The number of benzene rings is 1. The van der Waals surface area contributed by atoms with Crippen molar-refractivity contribution in [3.05, 3.63) is 59.9 Å². The lowest BCUT2D eigenvalue weighted by atomic mass is 10.2. The Kier molecular flexibility index (Phi) is 5.12. The Morgan fingerprint density at radius 1 is 1.30 bits per heavy atom. The highest BCUT2D eigenvalue weighted by molar-refractivity contribution is 5.94. The van der Waals surface area contributed by atoms with Crippen LogP contribution in [0.25, 0.3) is 0 Å². The molecule has 0 fully saturated rings. The van der Waals surface area contributed by atoms with E-state index in [1.54, 1.807) is 24.5 Å². The molecule has 0 spiro atoms. The molecule has 0 aliphatic heterocycles. The Morgan fingerprint density at radius 2 is 2.20 bits per heavy atom. The van der Waals surface area contributed by atoms with Crippen LogP contribution in [0.1, 0.15) is 29.3 Å². The molecule has 1 amide bonds. The third-order valence-electron chi connectivity index (χ3n) is 2.74. The summed E-state index contributed by atoms with van der Waals surface area (Å²) in [7, 11) is 0. The predicted octanol–water partition coefficient (Wildman–Crippen LogP) is 2.80. The zero-order chi connectivity index (χ0) is 14.2. The topological polar surface area (TPSA) is 51.2 Å². The number of hydrogen-bond acceptors (Lipinski definition) is 3. The molecule has 4 heteroatoms. The second-order valence-corrected chi connectivity index (χ2v) is 4.42. The van der Waals surface area contributed by atoms with Crippen molar-refractivity contribution in [2.24, 2.45) is 0 Å². The number of hydrogen-bond donors (Lipinski definition) is 1. The van der Waals surface area contributed by atoms with Crippen LogP contribution >= 0.6 is 0 Å². The van der Waals surface area contributed by atoms with Crippen molar-refractivity contribution in [1.82, 2.24) is 10.3 Å². The third-order valence-corrected chi connectivity index (χ3v) is 2.74. The fourth-order valence-corrected chi connectivity index (χ4v) is 1.73. The summed E-state index contributed by atoms with van der Waals surface area (Å²) in [6.07, 6.45) is 4.39. The van der Waals surface area contributed by atoms with E-state index in [1.165, 1.54) is 0 Å². The maximum Gasteiger partial charge on any atom is 0.251 e. The van der Waals surface area contributed by atoms with E-state index in [9.17, 15) is 4.79 Å². The first-order valence-electron chi connectivity index (χ1n) is 6.69. The molecule has 1 heterocycles. The first-order valence-corrected chi connectivity index (χ1v) is 6.69. The summed E-state index contributed by atoms with van der Waals surface area (Å²) in [5, 5.41) is 2.86. The zero-order valence-electron chi connectivity index (χ0n) is 11.5. The number of amides is 1. The van der Waals surface area contributed by atoms with Crippen molar-refractivity contribution in [3.63, 3.8) is 0 Å². The lowest BCUT2D eigenvalue weighted by Gasteiger charge is -2.08. The van der Waals surface area contributed by atoms with Gasteiger partial charge in [0.2, 0.25) is 0 Å². The molecule has 1 N–H and O–H groups in total. The van der Waals surface area contributed by atoms with E-state index < -0.39 is 0 Å². The third kappa shape index (κ3) is 4.09. The van der Waals surface area contributed by atoms with Crippen molar-refractivity contribution < 1.29 is 9.53 Å². The maximum atomic E-state index is 12.1. The minimum absolute atomic E-state index is 0.115. The molecule has 0 saturated carbocycles. The molecule has 0 unspecified atom stereocenters. The van der Waals surface area contributed by atoms with Crippen molar-refractivity contribution in [2.45, 2.75) is 19.9 Å². The molecular formula is C16H18N2O2. The van der Waals surface area contributed by atoms with Crippen LogP contribution in [0.2, 0.25) is 0 Å². The number of pyridine rings is 1. The Bertz CT molecular complexity index is 555. The summed E-state index contributed by atoms with van der Waals surface area (Å²) < 4.78 is 5.52. The monoisotopic (exact) mass is 270 g/mol. The van der Waals surface area contributed by atoms with Crippen molar-refractivity contribution in [1.29, 1.82) is 0 Å². The van der Waals surface area contributed by atoms with E-state index in [0.717, 1.165) is 17.7 Å². The molecule has 2 rings (SSSR count). The van der Waals surface area contributed by atoms with E-state index in [1.807, 2.05) is 31.2 Å². The number of ether oxygens (including phenoxy) is 1. The number of rotatable bonds is 6. The van der Waals surface area contributed by atoms with E-state index in [-0.39, 0.29) is 5.91 Å². The molecule has 1 aromatic heterocycles. The largest absolute Gasteiger partial charge is 0.494 e. The molecule has 0 radical (unpaired) electrons. The van der Waals surface area contributed by atoms with Gasteiger partial charge in [-0.05, 0) is 36.2 Å². The van der Waals surface area contributed by atoms with E-state index >= 15 is 0 Å². The van der Waals surface area contributed by atoms with E-state index in [0.29, 0.717) is 18.7 Å². The fourth-order valence-electron chi connectivity index (χ4n) is 1.73. The van der Waals surface area contributed by atoms with Gasteiger partial charge in [-0.3, -0.25) is 9.78 Å². The summed E-state index contributed by atoms with van der Waals surface area (Å²) in [6.45, 7) is 3.16. The molecule has 104 valence electrons. The SMILES string of the molecule is CCCOc1cccc(C(=O)NCc2cccnc2)c1. The van der Waals surface area contributed by atoms with Gasteiger partial charge in [-0.15, -0.1) is 0 Å². The second kappa shape index (κ2) is 7.28. The maximum absolute atomic E-state index is 12.1. The summed E-state index contributed by atoms with van der Waals surface area (Å²) >= 11 is 0. The molecule has 20 heavy (non-hydrogen) atoms. The van der Waals surface area contributed by atoms with Crippen LogP contribution in [0.3, 0.4) is 0 Å². The Hall–Kier alpha value is -2.36. The highest BCUT2D eigenvalue weighted by Crippen LogP contribution is 2.13. The van der Waals surface area contributed by atoms with E-state index in [4.69, 9.17) is 4.74 Å². The van der Waals surface area contributed by atoms with Gasteiger partial charge in [-0.2, -0.15) is 0 Å². The fraction of sp³-hybridized carbons (Fsp3) is 0.250. The standard InChI is InChI=1S/C16H18N2O2/c1-2-9-20-15-7-3-6-14(10-15)16(19)18-12-13-5-4-8-17-11-13/h3-8,10-11H,2,9,12H2,1H3,(H,18,19). The zero-order valence-corrected chi connectivity index (χ0v) is 11.5. The predicted molar refractivity (Wildman–Crippen MR) is 77.6 cm³/mol. The summed E-state index contributed by atoms with van der Waals surface area (Å²) in [6, 6.07) is 11.0. The Balaban J connectivity index is 1.95. The molecule has 4 nitrogen and oxygen atoms in total. The second-order valence-electron chi connectivity index (χ2n) is 4.42. The smallest absolute Gasteiger partial charge is 0.251 e. The number of carbonyl (C=O) groups excluding carboxylic acids is 1. The average molecular weight is 270 g/mol.